The van der Waals surface area contributed by atoms with E-state index in [4.69, 9.17) is 4.74 Å². The lowest BCUT2D eigenvalue weighted by Crippen LogP contribution is -2.32. The number of carbonyl (C=O) groups excluding carboxylic acids is 1. The first-order valence-electron chi connectivity index (χ1n) is 10.4. The molecule has 1 heterocycles. The zero-order chi connectivity index (χ0) is 25.8. The number of amides is 1. The number of methoxy groups -OCH3 is 1. The smallest absolute Gasteiger partial charge is 0.416 e. The Bertz CT molecular complexity index is 1160. The van der Waals surface area contributed by atoms with Crippen molar-refractivity contribution in [1.29, 1.82) is 0 Å². The molecule has 0 saturated carbocycles. The van der Waals surface area contributed by atoms with E-state index in [9.17, 15) is 31.1 Å². The average molecular weight is 496 g/mol. The summed E-state index contributed by atoms with van der Waals surface area (Å²) < 4.78 is 86.5. The first kappa shape index (κ1) is 25.9. The molecule has 0 aliphatic rings. The molecule has 0 spiro atoms. The molecule has 2 aromatic carbocycles. The van der Waals surface area contributed by atoms with Gasteiger partial charge in [-0.1, -0.05) is 18.2 Å². The number of ether oxygens (including phenoxy) is 1. The van der Waals surface area contributed by atoms with Crippen LogP contribution in [0.5, 0.6) is 5.75 Å². The highest BCUT2D eigenvalue weighted by molar-refractivity contribution is 5.94. The fourth-order valence-electron chi connectivity index (χ4n) is 3.55. The molecule has 3 aromatic rings. The molecule has 0 N–H and O–H groups in total. The second kappa shape index (κ2) is 10.3. The van der Waals surface area contributed by atoms with Gasteiger partial charge in [-0.05, 0) is 48.0 Å². The van der Waals surface area contributed by atoms with Crippen molar-refractivity contribution in [1.82, 2.24) is 9.47 Å². The number of nitrogens with zero attached hydrogens (tertiary/aromatic N) is 2. The molecule has 0 atom stereocenters. The summed E-state index contributed by atoms with van der Waals surface area (Å²) in [7, 11) is 1.54. The molecule has 3 rings (SSSR count). The average Bonchev–Trinajstić information content (AvgIpc) is 3.23. The Kier molecular flexibility index (Phi) is 7.62. The molecule has 1 aromatic heterocycles. The minimum absolute atomic E-state index is 0.00604. The first-order valence-corrected chi connectivity index (χ1v) is 10.4. The van der Waals surface area contributed by atoms with Crippen LogP contribution in [0.25, 0.3) is 0 Å². The zero-order valence-corrected chi connectivity index (χ0v) is 18.7. The summed E-state index contributed by atoms with van der Waals surface area (Å²) in [5.74, 6) is -0.319. The van der Waals surface area contributed by atoms with Crippen molar-refractivity contribution >= 4 is 5.91 Å². The van der Waals surface area contributed by atoms with E-state index in [1.807, 2.05) is 22.8 Å². The van der Waals surface area contributed by atoms with Gasteiger partial charge in [-0.25, -0.2) is 0 Å². The van der Waals surface area contributed by atoms with Crippen molar-refractivity contribution in [3.63, 3.8) is 0 Å². The number of carbonyl (C=O) groups is 1. The van der Waals surface area contributed by atoms with Crippen LogP contribution < -0.4 is 4.74 Å². The number of hydrogen-bond donors (Lipinski definition) is 0. The fourth-order valence-corrected chi connectivity index (χ4v) is 3.55. The van der Waals surface area contributed by atoms with Crippen molar-refractivity contribution < 1.29 is 35.9 Å². The van der Waals surface area contributed by atoms with E-state index in [1.165, 1.54) is 13.2 Å². The molecule has 186 valence electrons. The Balaban J connectivity index is 1.92. The monoisotopic (exact) mass is 496 g/mol. The Hall–Kier alpha value is -3.69. The molecule has 4 nitrogen and oxygen atoms in total. The van der Waals surface area contributed by atoms with Crippen molar-refractivity contribution in [2.75, 3.05) is 13.7 Å². The number of rotatable bonds is 8. The maximum atomic E-state index is 13.2. The molecule has 0 aliphatic heterocycles. The summed E-state index contributed by atoms with van der Waals surface area (Å²) in [5, 5.41) is 0. The number of alkyl halides is 6. The Labute approximate surface area is 198 Å². The lowest BCUT2D eigenvalue weighted by molar-refractivity contribution is -0.143. The normalized spacial score (nSPS) is 11.9. The highest BCUT2D eigenvalue weighted by atomic mass is 19.4. The van der Waals surface area contributed by atoms with Crippen molar-refractivity contribution in [3.8, 4) is 5.75 Å². The van der Waals surface area contributed by atoms with Gasteiger partial charge in [0.1, 0.15) is 5.75 Å². The lowest BCUT2D eigenvalue weighted by atomic mass is 10.0. The predicted molar refractivity (Wildman–Crippen MR) is 118 cm³/mol. The number of halogens is 6. The van der Waals surface area contributed by atoms with Crippen LogP contribution in [0.15, 0.2) is 73.4 Å². The van der Waals surface area contributed by atoms with E-state index >= 15 is 0 Å². The van der Waals surface area contributed by atoms with Gasteiger partial charge in [-0.3, -0.25) is 4.79 Å². The summed E-state index contributed by atoms with van der Waals surface area (Å²) in [6.45, 7) is 3.83. The molecule has 0 unspecified atom stereocenters. The maximum absolute atomic E-state index is 13.2. The van der Waals surface area contributed by atoms with E-state index < -0.39 is 35.0 Å². The van der Waals surface area contributed by atoms with Crippen LogP contribution in [0, 0.1) is 0 Å². The summed E-state index contributed by atoms with van der Waals surface area (Å²) in [4.78, 5) is 14.2. The first-order chi connectivity index (χ1) is 16.4. The van der Waals surface area contributed by atoms with Gasteiger partial charge in [-0.15, -0.1) is 6.58 Å². The van der Waals surface area contributed by atoms with Crippen LogP contribution in [0.2, 0.25) is 0 Å². The summed E-state index contributed by atoms with van der Waals surface area (Å²) in [5.41, 5.74) is -2.27. The topological polar surface area (TPSA) is 34.5 Å². The standard InChI is InChI=1S/C25H22F6N2O2/c1-3-9-33(16-21-7-5-10-32(21)15-17-6-4-8-22(11-17)35-2)23(34)18-12-19(24(26,27)28)14-20(13-18)25(29,30)31/h3-8,10-14H,1,9,15-16H2,2H3. The van der Waals surface area contributed by atoms with Gasteiger partial charge in [0.2, 0.25) is 0 Å². The number of aromatic nitrogens is 1. The van der Waals surface area contributed by atoms with Crippen molar-refractivity contribution in [2.45, 2.75) is 25.4 Å². The van der Waals surface area contributed by atoms with E-state index in [-0.39, 0.29) is 19.2 Å². The fraction of sp³-hybridized carbons (Fsp3) is 0.240. The summed E-state index contributed by atoms with van der Waals surface area (Å²) in [6.07, 6.45) is -6.99. The second-order valence-electron chi connectivity index (χ2n) is 7.75. The van der Waals surface area contributed by atoms with E-state index in [1.54, 1.807) is 24.4 Å². The predicted octanol–water partition coefficient (Wildman–Crippen LogP) is 6.41. The van der Waals surface area contributed by atoms with Crippen LogP contribution in [0.3, 0.4) is 0 Å². The SMILES string of the molecule is C=CCN(Cc1cccn1Cc1cccc(OC)c1)C(=O)c1cc(C(F)(F)F)cc(C(F)(F)F)c1. The maximum Gasteiger partial charge on any atom is 0.416 e. The molecule has 10 heteroatoms. The highest BCUT2D eigenvalue weighted by Crippen LogP contribution is 2.36. The van der Waals surface area contributed by atoms with Crippen LogP contribution in [-0.2, 0) is 25.4 Å². The molecule has 1 amide bonds. The molecule has 0 fully saturated rings. The van der Waals surface area contributed by atoms with Gasteiger partial charge in [0.05, 0.1) is 24.8 Å². The molecule has 0 bridgehead atoms. The molecular formula is C25H22F6N2O2. The van der Waals surface area contributed by atoms with Gasteiger partial charge in [-0.2, -0.15) is 26.3 Å². The molecule has 0 aliphatic carbocycles. The number of benzene rings is 2. The van der Waals surface area contributed by atoms with Gasteiger partial charge in [0, 0.05) is 30.5 Å². The van der Waals surface area contributed by atoms with Crippen LogP contribution in [0.4, 0.5) is 26.3 Å². The minimum Gasteiger partial charge on any atom is -0.497 e. The Morgan fingerprint density at radius 2 is 1.66 bits per heavy atom. The van der Waals surface area contributed by atoms with Crippen LogP contribution in [0.1, 0.15) is 32.7 Å². The third-order valence-corrected chi connectivity index (χ3v) is 5.23. The highest BCUT2D eigenvalue weighted by Gasteiger charge is 2.38. The van der Waals surface area contributed by atoms with Crippen LogP contribution in [-0.4, -0.2) is 29.0 Å². The van der Waals surface area contributed by atoms with E-state index in [2.05, 4.69) is 6.58 Å². The van der Waals surface area contributed by atoms with Crippen molar-refractivity contribution in [2.24, 2.45) is 0 Å². The molecule has 35 heavy (non-hydrogen) atoms. The largest absolute Gasteiger partial charge is 0.497 e. The lowest BCUT2D eigenvalue weighted by Gasteiger charge is -2.23. The van der Waals surface area contributed by atoms with Crippen LogP contribution >= 0.6 is 0 Å². The van der Waals surface area contributed by atoms with Gasteiger partial charge >= 0.3 is 12.4 Å². The second-order valence-corrected chi connectivity index (χ2v) is 7.75. The van der Waals surface area contributed by atoms with Gasteiger partial charge in [0.25, 0.3) is 5.91 Å². The van der Waals surface area contributed by atoms with Gasteiger partial charge in [0.15, 0.2) is 0 Å². The summed E-state index contributed by atoms with van der Waals surface area (Å²) in [6, 6.07) is 11.6. The van der Waals surface area contributed by atoms with E-state index in [0.29, 0.717) is 30.1 Å². The zero-order valence-electron chi connectivity index (χ0n) is 18.7. The Morgan fingerprint density at radius 1 is 1.00 bits per heavy atom. The number of hydrogen-bond acceptors (Lipinski definition) is 2. The van der Waals surface area contributed by atoms with Crippen molar-refractivity contribution in [3.05, 3.63) is 101 Å². The Morgan fingerprint density at radius 3 is 2.23 bits per heavy atom. The van der Waals surface area contributed by atoms with Gasteiger partial charge < -0.3 is 14.2 Å². The molecule has 0 saturated heterocycles. The quantitative estimate of drug-likeness (QED) is 0.267. The minimum atomic E-state index is -5.05. The third kappa shape index (κ3) is 6.46. The molecule has 0 radical (unpaired) electrons. The molecular weight excluding hydrogens is 474 g/mol. The third-order valence-electron chi connectivity index (χ3n) is 5.23. The summed E-state index contributed by atoms with van der Waals surface area (Å²) >= 11 is 0. The van der Waals surface area contributed by atoms with E-state index in [0.717, 1.165) is 10.5 Å².